The fourth-order valence-electron chi connectivity index (χ4n) is 2.58. The number of hydrogen-bond acceptors (Lipinski definition) is 3. The normalized spacial score (nSPS) is 20.8. The number of rotatable bonds is 4. The van der Waals surface area contributed by atoms with E-state index >= 15 is 0 Å². The molecule has 0 aliphatic carbocycles. The molecule has 1 fully saturated rings. The zero-order valence-electron chi connectivity index (χ0n) is 12.5. The number of carbonyl (C=O) groups is 2. The van der Waals surface area contributed by atoms with Gasteiger partial charge in [-0.05, 0) is 12.1 Å². The van der Waals surface area contributed by atoms with Gasteiger partial charge in [0.15, 0.2) is 0 Å². The van der Waals surface area contributed by atoms with Crippen molar-refractivity contribution in [3.63, 3.8) is 0 Å². The van der Waals surface area contributed by atoms with Gasteiger partial charge in [-0.3, -0.25) is 14.5 Å². The number of halogens is 6. The van der Waals surface area contributed by atoms with Crippen LogP contribution in [0, 0.1) is 23.5 Å². The van der Waals surface area contributed by atoms with Crippen molar-refractivity contribution in [3.05, 3.63) is 29.8 Å². The fourth-order valence-corrected chi connectivity index (χ4v) is 2.58. The number of benzene rings is 1. The smallest absolute Gasteiger partial charge is 0.393 e. The van der Waals surface area contributed by atoms with Crippen LogP contribution in [0.15, 0.2) is 18.2 Å². The van der Waals surface area contributed by atoms with Crippen LogP contribution in [-0.4, -0.2) is 47.7 Å². The number of alkyl halides is 3. The molecular formula is C14H14ClF5N2O3. The van der Waals surface area contributed by atoms with Crippen molar-refractivity contribution < 1.29 is 36.6 Å². The highest BCUT2D eigenvalue weighted by Gasteiger charge is 2.52. The number of carboxylic acids is 1. The molecule has 1 aromatic carbocycles. The first-order valence-corrected chi connectivity index (χ1v) is 6.84. The van der Waals surface area contributed by atoms with Crippen molar-refractivity contribution in [2.45, 2.75) is 6.18 Å². The molecule has 0 radical (unpaired) electrons. The number of carbonyl (C=O) groups excluding carboxylic acids is 1. The van der Waals surface area contributed by atoms with Crippen LogP contribution in [0.2, 0.25) is 0 Å². The van der Waals surface area contributed by atoms with E-state index in [1.807, 2.05) is 0 Å². The average Bonchev–Trinajstić information content (AvgIpc) is 2.86. The lowest BCUT2D eigenvalue weighted by Gasteiger charge is -2.18. The lowest BCUT2D eigenvalue weighted by molar-refractivity contribution is -0.188. The molecule has 5 nitrogen and oxygen atoms in total. The number of nitrogens with one attached hydrogen (secondary N) is 1. The molecule has 0 spiro atoms. The number of hydrogen-bond donors (Lipinski definition) is 2. The largest absolute Gasteiger partial charge is 0.481 e. The number of nitrogens with zero attached hydrogens (tertiary/aromatic N) is 1. The molecule has 0 aromatic heterocycles. The highest BCUT2D eigenvalue weighted by Crippen LogP contribution is 2.37. The lowest BCUT2D eigenvalue weighted by Crippen LogP contribution is -2.34. The van der Waals surface area contributed by atoms with E-state index in [4.69, 9.17) is 5.11 Å². The van der Waals surface area contributed by atoms with Crippen LogP contribution in [-0.2, 0) is 9.59 Å². The molecule has 1 aliphatic heterocycles. The van der Waals surface area contributed by atoms with Crippen molar-refractivity contribution >= 4 is 30.0 Å². The summed E-state index contributed by atoms with van der Waals surface area (Å²) < 4.78 is 64.7. The topological polar surface area (TPSA) is 69.6 Å². The summed E-state index contributed by atoms with van der Waals surface area (Å²) in [4.78, 5) is 23.8. The van der Waals surface area contributed by atoms with Gasteiger partial charge in [0.25, 0.3) is 0 Å². The molecule has 2 rings (SSSR count). The molecule has 11 heteroatoms. The van der Waals surface area contributed by atoms with Gasteiger partial charge in [-0.1, -0.05) is 0 Å². The van der Waals surface area contributed by atoms with Crippen molar-refractivity contribution in [3.8, 4) is 0 Å². The van der Waals surface area contributed by atoms with Gasteiger partial charge in [0.2, 0.25) is 5.91 Å². The second-order valence-corrected chi connectivity index (χ2v) is 5.46. The second kappa shape index (κ2) is 7.96. The summed E-state index contributed by atoms with van der Waals surface area (Å²) in [6.07, 6.45) is -4.70. The van der Waals surface area contributed by atoms with Gasteiger partial charge in [0.1, 0.15) is 11.6 Å². The summed E-state index contributed by atoms with van der Waals surface area (Å²) in [6.45, 7) is -1.62. The van der Waals surface area contributed by atoms with Gasteiger partial charge in [0.05, 0.1) is 24.1 Å². The quantitative estimate of drug-likeness (QED) is 0.778. The maximum atomic E-state index is 13.4. The van der Waals surface area contributed by atoms with Crippen LogP contribution in [0.4, 0.5) is 27.6 Å². The molecule has 1 aromatic rings. The number of anilines is 1. The SMILES string of the molecule is Cl.O=C(CN1C[C@@H](C(F)(F)F)[C@H](C(=O)O)C1)Nc1ccc(F)cc1F. The molecule has 140 valence electrons. The average molecular weight is 389 g/mol. The van der Waals surface area contributed by atoms with E-state index in [9.17, 15) is 31.5 Å². The minimum atomic E-state index is -4.70. The maximum absolute atomic E-state index is 13.4. The Morgan fingerprint density at radius 2 is 1.88 bits per heavy atom. The van der Waals surface area contributed by atoms with Crippen LogP contribution in [0.5, 0.6) is 0 Å². The molecule has 0 saturated carbocycles. The van der Waals surface area contributed by atoms with Gasteiger partial charge >= 0.3 is 12.1 Å². The summed E-state index contributed by atoms with van der Waals surface area (Å²) in [5.74, 6) is -8.04. The van der Waals surface area contributed by atoms with Crippen molar-refractivity contribution in [1.82, 2.24) is 4.90 Å². The van der Waals surface area contributed by atoms with E-state index < -0.39 is 61.2 Å². The highest BCUT2D eigenvalue weighted by molar-refractivity contribution is 5.92. The third kappa shape index (κ3) is 5.27. The third-order valence-corrected chi connectivity index (χ3v) is 3.71. The molecular weight excluding hydrogens is 375 g/mol. The molecule has 1 amide bonds. The third-order valence-electron chi connectivity index (χ3n) is 3.71. The Morgan fingerprint density at radius 3 is 2.36 bits per heavy atom. The molecule has 1 heterocycles. The van der Waals surface area contributed by atoms with Gasteiger partial charge < -0.3 is 10.4 Å². The molecule has 1 aliphatic rings. The summed E-state index contributed by atoms with van der Waals surface area (Å²) >= 11 is 0. The van der Waals surface area contributed by atoms with Crippen molar-refractivity contribution in [1.29, 1.82) is 0 Å². The van der Waals surface area contributed by atoms with Crippen LogP contribution in [0.1, 0.15) is 0 Å². The Balaban J connectivity index is 0.00000312. The predicted octanol–water partition coefficient (Wildman–Crippen LogP) is 2.52. The molecule has 25 heavy (non-hydrogen) atoms. The first kappa shape index (κ1) is 21.1. The van der Waals surface area contributed by atoms with Gasteiger partial charge in [-0.15, -0.1) is 12.4 Å². The number of amides is 1. The number of likely N-dealkylation sites (tertiary alicyclic amines) is 1. The summed E-state index contributed by atoms with van der Waals surface area (Å²) in [5, 5.41) is 11.0. The molecule has 0 bridgehead atoms. The van der Waals surface area contributed by atoms with E-state index in [0.29, 0.717) is 6.07 Å². The number of carboxylic acid groups (broad SMARTS) is 1. The van der Waals surface area contributed by atoms with Crippen LogP contribution < -0.4 is 5.32 Å². The molecule has 2 atom stereocenters. The van der Waals surface area contributed by atoms with E-state index in [-0.39, 0.29) is 18.1 Å². The van der Waals surface area contributed by atoms with Gasteiger partial charge in [-0.25, -0.2) is 8.78 Å². The first-order valence-electron chi connectivity index (χ1n) is 6.84. The van der Waals surface area contributed by atoms with E-state index in [1.54, 1.807) is 0 Å². The Kier molecular flexibility index (Phi) is 6.72. The molecule has 2 N–H and O–H groups in total. The maximum Gasteiger partial charge on any atom is 0.393 e. The summed E-state index contributed by atoms with van der Waals surface area (Å²) in [7, 11) is 0. The van der Waals surface area contributed by atoms with E-state index in [1.165, 1.54) is 0 Å². The summed E-state index contributed by atoms with van der Waals surface area (Å²) in [5.41, 5.74) is -0.317. The van der Waals surface area contributed by atoms with E-state index in [0.717, 1.165) is 17.0 Å². The second-order valence-electron chi connectivity index (χ2n) is 5.46. The Morgan fingerprint density at radius 1 is 1.24 bits per heavy atom. The minimum Gasteiger partial charge on any atom is -0.481 e. The fraction of sp³-hybridized carbons (Fsp3) is 0.429. The minimum absolute atomic E-state index is 0. The predicted molar refractivity (Wildman–Crippen MR) is 79.3 cm³/mol. The number of aliphatic carboxylic acids is 1. The van der Waals surface area contributed by atoms with Gasteiger partial charge in [-0.2, -0.15) is 13.2 Å². The Hall–Kier alpha value is -1.94. The van der Waals surface area contributed by atoms with Crippen molar-refractivity contribution in [2.24, 2.45) is 11.8 Å². The molecule has 1 saturated heterocycles. The van der Waals surface area contributed by atoms with Crippen molar-refractivity contribution in [2.75, 3.05) is 25.0 Å². The van der Waals surface area contributed by atoms with Crippen LogP contribution >= 0.6 is 12.4 Å². The lowest BCUT2D eigenvalue weighted by atomic mass is 9.96. The standard InChI is InChI=1S/C14H13F5N2O3.ClH/c15-7-1-2-11(10(16)3-7)20-12(22)6-21-4-8(13(23)24)9(5-21)14(17,18)19;/h1-3,8-9H,4-6H2,(H,20,22)(H,23,24);1H/t8-,9-;/m1./s1. The first-order chi connectivity index (χ1) is 11.1. The van der Waals surface area contributed by atoms with E-state index in [2.05, 4.69) is 5.32 Å². The molecule has 0 unspecified atom stereocenters. The van der Waals surface area contributed by atoms with Crippen LogP contribution in [0.25, 0.3) is 0 Å². The van der Waals surface area contributed by atoms with Crippen LogP contribution in [0.3, 0.4) is 0 Å². The Bertz CT molecular complexity index is 656. The summed E-state index contributed by atoms with van der Waals surface area (Å²) in [6, 6.07) is 2.44. The highest BCUT2D eigenvalue weighted by atomic mass is 35.5. The van der Waals surface area contributed by atoms with Gasteiger partial charge in [0, 0.05) is 19.2 Å². The Labute approximate surface area is 145 Å². The zero-order chi connectivity index (χ0) is 18.1. The monoisotopic (exact) mass is 388 g/mol. The zero-order valence-corrected chi connectivity index (χ0v) is 13.3.